The lowest BCUT2D eigenvalue weighted by atomic mass is 9.95. The molecule has 0 saturated heterocycles. The van der Waals surface area contributed by atoms with Crippen molar-refractivity contribution in [1.82, 2.24) is 10.3 Å². The Morgan fingerprint density at radius 3 is 3.12 bits per heavy atom. The van der Waals surface area contributed by atoms with Crippen molar-refractivity contribution in [3.63, 3.8) is 0 Å². The predicted octanol–water partition coefficient (Wildman–Crippen LogP) is 1.01. The summed E-state index contributed by atoms with van der Waals surface area (Å²) in [5.41, 5.74) is 6.77. The average molecular weight is 221 g/mol. The molecule has 0 spiro atoms. The minimum Gasteiger partial charge on any atom is -0.367 e. The van der Waals surface area contributed by atoms with Gasteiger partial charge in [-0.1, -0.05) is 6.42 Å². The summed E-state index contributed by atoms with van der Waals surface area (Å²) in [5.74, 6) is 0.671. The highest BCUT2D eigenvalue weighted by molar-refractivity contribution is 5.79. The number of amides is 1. The van der Waals surface area contributed by atoms with Crippen molar-refractivity contribution in [3.8, 4) is 0 Å². The molecule has 0 bridgehead atoms. The van der Waals surface area contributed by atoms with Gasteiger partial charge in [0.25, 0.3) is 0 Å². The number of hydrogen-bond acceptors (Lipinski definition) is 2. The van der Waals surface area contributed by atoms with E-state index in [4.69, 9.17) is 5.73 Å². The van der Waals surface area contributed by atoms with Crippen LogP contribution in [-0.2, 0) is 11.3 Å². The number of carbonyl (C=O) groups excluding carboxylic acids is 1. The zero-order valence-corrected chi connectivity index (χ0v) is 9.41. The van der Waals surface area contributed by atoms with E-state index in [1.165, 1.54) is 0 Å². The molecule has 2 atom stereocenters. The van der Waals surface area contributed by atoms with E-state index < -0.39 is 0 Å². The number of H-pyrrole nitrogens is 1. The number of aromatic nitrogens is 1. The molecule has 1 amide bonds. The molecule has 1 aliphatic carbocycles. The van der Waals surface area contributed by atoms with Crippen molar-refractivity contribution in [2.45, 2.75) is 25.8 Å². The second-order valence-corrected chi connectivity index (χ2v) is 4.47. The van der Waals surface area contributed by atoms with Crippen LogP contribution in [0, 0.1) is 11.8 Å². The molecule has 88 valence electrons. The van der Waals surface area contributed by atoms with Gasteiger partial charge in [-0.25, -0.2) is 0 Å². The first-order valence-corrected chi connectivity index (χ1v) is 5.90. The first kappa shape index (κ1) is 11.2. The van der Waals surface area contributed by atoms with Gasteiger partial charge in [0.2, 0.25) is 5.91 Å². The lowest BCUT2D eigenvalue weighted by Crippen LogP contribution is -2.34. The zero-order chi connectivity index (χ0) is 11.4. The van der Waals surface area contributed by atoms with Crippen molar-refractivity contribution in [1.29, 1.82) is 0 Å². The van der Waals surface area contributed by atoms with E-state index in [2.05, 4.69) is 10.3 Å². The van der Waals surface area contributed by atoms with Crippen LogP contribution in [0.4, 0.5) is 0 Å². The van der Waals surface area contributed by atoms with Gasteiger partial charge < -0.3 is 16.0 Å². The summed E-state index contributed by atoms with van der Waals surface area (Å²) in [6.45, 7) is 1.23. The van der Waals surface area contributed by atoms with Gasteiger partial charge in [-0.3, -0.25) is 4.79 Å². The van der Waals surface area contributed by atoms with Crippen molar-refractivity contribution in [2.24, 2.45) is 17.6 Å². The lowest BCUT2D eigenvalue weighted by Gasteiger charge is -2.17. The van der Waals surface area contributed by atoms with E-state index in [9.17, 15) is 4.79 Å². The molecule has 1 aliphatic rings. The van der Waals surface area contributed by atoms with Gasteiger partial charge >= 0.3 is 0 Å². The minimum absolute atomic E-state index is 0.129. The van der Waals surface area contributed by atoms with Crippen molar-refractivity contribution >= 4 is 5.91 Å². The Morgan fingerprint density at radius 1 is 1.56 bits per heavy atom. The van der Waals surface area contributed by atoms with Crippen LogP contribution in [0.5, 0.6) is 0 Å². The lowest BCUT2D eigenvalue weighted by molar-refractivity contribution is -0.126. The number of nitrogens with one attached hydrogen (secondary N) is 2. The molecular weight excluding hydrogens is 202 g/mol. The smallest absolute Gasteiger partial charge is 0.223 e. The van der Waals surface area contributed by atoms with Crippen molar-refractivity contribution in [3.05, 3.63) is 24.0 Å². The van der Waals surface area contributed by atoms with Crippen LogP contribution in [0.25, 0.3) is 0 Å². The largest absolute Gasteiger partial charge is 0.367 e. The molecule has 4 nitrogen and oxygen atoms in total. The van der Waals surface area contributed by atoms with E-state index in [1.54, 1.807) is 0 Å². The van der Waals surface area contributed by atoms with Gasteiger partial charge in [-0.2, -0.15) is 0 Å². The Bertz CT molecular complexity index is 334. The Kier molecular flexibility index (Phi) is 3.62. The number of rotatable bonds is 4. The van der Waals surface area contributed by atoms with Crippen LogP contribution in [-0.4, -0.2) is 17.4 Å². The molecular formula is C12H19N3O. The monoisotopic (exact) mass is 221 g/mol. The van der Waals surface area contributed by atoms with E-state index in [0.29, 0.717) is 19.0 Å². The quantitative estimate of drug-likeness (QED) is 0.710. The highest BCUT2D eigenvalue weighted by Crippen LogP contribution is 2.30. The average Bonchev–Trinajstić information content (AvgIpc) is 2.96. The summed E-state index contributed by atoms with van der Waals surface area (Å²) in [5, 5.41) is 2.98. The fourth-order valence-electron chi connectivity index (χ4n) is 2.45. The fourth-order valence-corrected chi connectivity index (χ4v) is 2.45. The third-order valence-corrected chi connectivity index (χ3v) is 3.43. The number of hydrogen-bond donors (Lipinski definition) is 3. The fraction of sp³-hybridized carbons (Fsp3) is 0.583. The summed E-state index contributed by atoms with van der Waals surface area (Å²) < 4.78 is 0. The van der Waals surface area contributed by atoms with Gasteiger partial charge in [0.1, 0.15) is 0 Å². The van der Waals surface area contributed by atoms with Crippen LogP contribution in [0.2, 0.25) is 0 Å². The standard InChI is InChI=1S/C12H19N3O/c13-6-10-2-1-3-11(10)12(16)15-8-9-4-5-14-7-9/h4-5,7,10-11,14H,1-3,6,8,13H2,(H,15,16). The molecule has 1 saturated carbocycles. The van der Waals surface area contributed by atoms with Crippen molar-refractivity contribution < 1.29 is 4.79 Å². The van der Waals surface area contributed by atoms with Gasteiger partial charge in [0.05, 0.1) is 0 Å². The molecule has 2 rings (SSSR count). The van der Waals surface area contributed by atoms with Gasteiger partial charge in [0.15, 0.2) is 0 Å². The molecule has 1 heterocycles. The molecule has 1 aromatic rings. The molecule has 16 heavy (non-hydrogen) atoms. The molecule has 1 aromatic heterocycles. The molecule has 1 fully saturated rings. The summed E-state index contributed by atoms with van der Waals surface area (Å²) in [4.78, 5) is 14.9. The Morgan fingerprint density at radius 2 is 2.44 bits per heavy atom. The van der Waals surface area contributed by atoms with E-state index >= 15 is 0 Å². The number of nitrogens with two attached hydrogens (primary N) is 1. The highest BCUT2D eigenvalue weighted by atomic mass is 16.1. The van der Waals surface area contributed by atoms with Crippen LogP contribution < -0.4 is 11.1 Å². The van der Waals surface area contributed by atoms with Crippen molar-refractivity contribution in [2.75, 3.05) is 6.54 Å². The number of carbonyl (C=O) groups is 1. The highest BCUT2D eigenvalue weighted by Gasteiger charge is 2.31. The van der Waals surface area contributed by atoms with Gasteiger partial charge in [0, 0.05) is 24.9 Å². The minimum atomic E-state index is 0.129. The van der Waals surface area contributed by atoms with Crippen LogP contribution in [0.1, 0.15) is 24.8 Å². The SMILES string of the molecule is NCC1CCCC1C(=O)NCc1cc[nH]c1. The third kappa shape index (κ3) is 2.44. The van der Waals surface area contributed by atoms with Crippen LogP contribution in [0.3, 0.4) is 0 Å². The molecule has 0 aromatic carbocycles. The number of aromatic amines is 1. The second kappa shape index (κ2) is 5.16. The van der Waals surface area contributed by atoms with Crippen LogP contribution in [0.15, 0.2) is 18.5 Å². The van der Waals surface area contributed by atoms with Gasteiger partial charge in [-0.15, -0.1) is 0 Å². The predicted molar refractivity (Wildman–Crippen MR) is 62.5 cm³/mol. The molecule has 0 aliphatic heterocycles. The van der Waals surface area contributed by atoms with Gasteiger partial charge in [-0.05, 0) is 36.9 Å². The van der Waals surface area contributed by atoms with E-state index in [-0.39, 0.29) is 11.8 Å². The Balaban J connectivity index is 1.83. The topological polar surface area (TPSA) is 70.9 Å². The maximum Gasteiger partial charge on any atom is 0.223 e. The zero-order valence-electron chi connectivity index (χ0n) is 9.41. The summed E-state index contributed by atoms with van der Waals surface area (Å²) in [7, 11) is 0. The van der Waals surface area contributed by atoms with E-state index in [1.807, 2.05) is 18.5 Å². The summed E-state index contributed by atoms with van der Waals surface area (Å²) >= 11 is 0. The van der Waals surface area contributed by atoms with Crippen LogP contribution >= 0.6 is 0 Å². The Labute approximate surface area is 95.6 Å². The maximum absolute atomic E-state index is 11.9. The first-order chi connectivity index (χ1) is 7.81. The molecule has 4 N–H and O–H groups in total. The molecule has 2 unspecified atom stereocenters. The summed E-state index contributed by atoms with van der Waals surface area (Å²) in [6.07, 6.45) is 6.97. The summed E-state index contributed by atoms with van der Waals surface area (Å²) in [6, 6.07) is 1.97. The first-order valence-electron chi connectivity index (χ1n) is 5.90. The second-order valence-electron chi connectivity index (χ2n) is 4.47. The Hall–Kier alpha value is -1.29. The maximum atomic E-state index is 11.9. The molecule has 4 heteroatoms. The molecule has 0 radical (unpaired) electrons. The normalized spacial score (nSPS) is 24.6. The third-order valence-electron chi connectivity index (χ3n) is 3.43. The van der Waals surface area contributed by atoms with E-state index in [0.717, 1.165) is 24.8 Å².